The Kier molecular flexibility index (Phi) is 4.69. The average Bonchev–Trinajstić information content (AvgIpc) is 3.07. The van der Waals surface area contributed by atoms with Gasteiger partial charge in [0.1, 0.15) is 0 Å². The van der Waals surface area contributed by atoms with Crippen LogP contribution in [0.1, 0.15) is 16.7 Å². The van der Waals surface area contributed by atoms with Gasteiger partial charge in [0.15, 0.2) is 0 Å². The van der Waals surface area contributed by atoms with E-state index >= 15 is 0 Å². The Morgan fingerprint density at radius 1 is 1.25 bits per heavy atom. The first-order valence-electron chi connectivity index (χ1n) is 8.18. The lowest BCUT2D eigenvalue weighted by molar-refractivity contribution is 0.108. The fourth-order valence-corrected chi connectivity index (χ4v) is 3.03. The van der Waals surface area contributed by atoms with Gasteiger partial charge in [-0.15, -0.1) is 0 Å². The maximum absolute atomic E-state index is 10.4. The zero-order valence-corrected chi connectivity index (χ0v) is 14.8. The van der Waals surface area contributed by atoms with E-state index in [2.05, 4.69) is 41.0 Å². The molecule has 0 radical (unpaired) electrons. The number of aliphatic hydroxyl groups excluding tert-OH is 1. The lowest BCUT2D eigenvalue weighted by Gasteiger charge is -2.20. The van der Waals surface area contributed by atoms with Gasteiger partial charge in [-0.3, -0.25) is 9.58 Å². The van der Waals surface area contributed by atoms with Crippen LogP contribution in [0.2, 0.25) is 0 Å². The molecule has 0 fully saturated rings. The molecule has 3 aromatic rings. The van der Waals surface area contributed by atoms with E-state index < -0.39 is 6.10 Å². The van der Waals surface area contributed by atoms with Gasteiger partial charge in [0.25, 0.3) is 0 Å². The first-order valence-corrected chi connectivity index (χ1v) is 8.18. The molecule has 128 valence electrons. The third-order valence-electron chi connectivity index (χ3n) is 4.38. The van der Waals surface area contributed by atoms with E-state index in [9.17, 15) is 5.11 Å². The maximum atomic E-state index is 10.4. The number of hydrogen-bond donors (Lipinski definition) is 1. The van der Waals surface area contributed by atoms with Crippen LogP contribution < -0.4 is 0 Å². The van der Waals surface area contributed by atoms with Gasteiger partial charge < -0.3 is 9.67 Å². The van der Waals surface area contributed by atoms with Crippen LogP contribution in [0.5, 0.6) is 0 Å². The molecule has 1 aromatic carbocycles. The zero-order chi connectivity index (χ0) is 17.3. The predicted molar refractivity (Wildman–Crippen MR) is 94.8 cm³/mol. The van der Waals surface area contributed by atoms with Gasteiger partial charge in [0.05, 0.1) is 36.2 Å². The van der Waals surface area contributed by atoms with Gasteiger partial charge in [-0.05, 0) is 44.2 Å². The monoisotopic (exact) mass is 327 g/mol. The molecule has 0 saturated carbocycles. The highest BCUT2D eigenvalue weighted by Gasteiger charge is 2.13. The molecule has 0 spiro atoms. The largest absolute Gasteiger partial charge is 0.390 e. The second kappa shape index (κ2) is 6.75. The minimum atomic E-state index is -0.453. The molecule has 1 atom stereocenters. The van der Waals surface area contributed by atoms with Crippen molar-refractivity contribution in [2.45, 2.75) is 33.0 Å². The molecule has 0 saturated heterocycles. The van der Waals surface area contributed by atoms with Crippen LogP contribution in [0.4, 0.5) is 0 Å². The van der Waals surface area contributed by atoms with Crippen LogP contribution in [0.3, 0.4) is 0 Å². The molecular weight excluding hydrogens is 302 g/mol. The van der Waals surface area contributed by atoms with Crippen molar-refractivity contribution in [3.63, 3.8) is 0 Å². The number of fused-ring (bicyclic) bond motifs is 1. The Balaban J connectivity index is 1.64. The number of aliphatic hydroxyl groups is 1. The van der Waals surface area contributed by atoms with Crippen molar-refractivity contribution in [3.8, 4) is 0 Å². The van der Waals surface area contributed by atoms with Gasteiger partial charge >= 0.3 is 0 Å². The highest BCUT2D eigenvalue weighted by Crippen LogP contribution is 2.18. The number of aromatic nitrogens is 4. The molecule has 0 amide bonds. The minimum Gasteiger partial charge on any atom is -0.390 e. The van der Waals surface area contributed by atoms with Gasteiger partial charge in [-0.1, -0.05) is 0 Å². The van der Waals surface area contributed by atoms with Gasteiger partial charge in [0.2, 0.25) is 0 Å². The molecule has 2 heterocycles. The van der Waals surface area contributed by atoms with Crippen molar-refractivity contribution in [3.05, 3.63) is 47.5 Å². The Morgan fingerprint density at radius 2 is 2.00 bits per heavy atom. The topological polar surface area (TPSA) is 59.1 Å². The predicted octanol–water partition coefficient (Wildman–Crippen LogP) is 1.88. The van der Waals surface area contributed by atoms with Crippen LogP contribution in [0, 0.1) is 13.8 Å². The van der Waals surface area contributed by atoms with E-state index in [1.165, 1.54) is 11.1 Å². The lowest BCUT2D eigenvalue weighted by atomic mass is 10.1. The quantitative estimate of drug-likeness (QED) is 0.751. The van der Waals surface area contributed by atoms with Crippen LogP contribution in [-0.2, 0) is 20.1 Å². The van der Waals surface area contributed by atoms with Crippen molar-refractivity contribution in [1.29, 1.82) is 0 Å². The molecule has 6 nitrogen and oxygen atoms in total. The third kappa shape index (κ3) is 3.66. The van der Waals surface area contributed by atoms with Crippen molar-refractivity contribution in [1.82, 2.24) is 24.2 Å². The van der Waals surface area contributed by atoms with Gasteiger partial charge in [0, 0.05) is 31.9 Å². The van der Waals surface area contributed by atoms with Crippen molar-refractivity contribution in [2.24, 2.45) is 7.05 Å². The molecule has 24 heavy (non-hydrogen) atoms. The Morgan fingerprint density at radius 3 is 2.71 bits per heavy atom. The van der Waals surface area contributed by atoms with E-state index in [1.807, 2.05) is 37.4 Å². The zero-order valence-electron chi connectivity index (χ0n) is 14.8. The molecule has 2 aromatic heterocycles. The van der Waals surface area contributed by atoms with Crippen molar-refractivity contribution >= 4 is 11.0 Å². The van der Waals surface area contributed by atoms with Crippen molar-refractivity contribution < 1.29 is 5.11 Å². The Bertz CT molecular complexity index is 835. The van der Waals surface area contributed by atoms with Crippen LogP contribution in [0.15, 0.2) is 30.9 Å². The molecule has 1 N–H and O–H groups in total. The lowest BCUT2D eigenvalue weighted by Crippen LogP contribution is -2.31. The second-order valence-corrected chi connectivity index (χ2v) is 6.69. The Labute approximate surface area is 142 Å². The SMILES string of the molecule is Cc1cc2ncn(C[C@H](O)CN(C)Cc3cnn(C)c3)c2cc1C. The molecule has 0 unspecified atom stereocenters. The van der Waals surface area contributed by atoms with Crippen molar-refractivity contribution in [2.75, 3.05) is 13.6 Å². The number of imidazole rings is 1. The molecule has 0 aliphatic carbocycles. The molecule has 0 aliphatic rings. The number of aryl methyl sites for hydroxylation is 3. The summed E-state index contributed by atoms with van der Waals surface area (Å²) in [5, 5.41) is 14.6. The first-order chi connectivity index (χ1) is 11.4. The van der Waals surface area contributed by atoms with Gasteiger partial charge in [-0.25, -0.2) is 4.98 Å². The summed E-state index contributed by atoms with van der Waals surface area (Å²) in [5.74, 6) is 0. The number of hydrogen-bond acceptors (Lipinski definition) is 4. The molecule has 6 heteroatoms. The minimum absolute atomic E-state index is 0.453. The summed E-state index contributed by atoms with van der Waals surface area (Å²) in [6.45, 7) is 6.10. The normalized spacial score (nSPS) is 13.1. The average molecular weight is 327 g/mol. The third-order valence-corrected chi connectivity index (χ3v) is 4.38. The summed E-state index contributed by atoms with van der Waals surface area (Å²) < 4.78 is 3.83. The second-order valence-electron chi connectivity index (χ2n) is 6.69. The molecule has 0 aliphatic heterocycles. The summed E-state index contributed by atoms with van der Waals surface area (Å²) in [5.41, 5.74) is 5.68. The summed E-state index contributed by atoms with van der Waals surface area (Å²) >= 11 is 0. The van der Waals surface area contributed by atoms with Crippen LogP contribution >= 0.6 is 0 Å². The summed E-state index contributed by atoms with van der Waals surface area (Å²) in [6, 6.07) is 4.24. The maximum Gasteiger partial charge on any atom is 0.0959 e. The summed E-state index contributed by atoms with van der Waals surface area (Å²) in [6.07, 6.45) is 5.22. The fraction of sp³-hybridized carbons (Fsp3) is 0.444. The molecule has 3 rings (SSSR count). The highest BCUT2D eigenvalue weighted by atomic mass is 16.3. The number of nitrogens with zero attached hydrogens (tertiary/aromatic N) is 5. The smallest absolute Gasteiger partial charge is 0.0959 e. The molecule has 0 bridgehead atoms. The summed E-state index contributed by atoms with van der Waals surface area (Å²) in [4.78, 5) is 6.56. The highest BCUT2D eigenvalue weighted by molar-refractivity contribution is 5.77. The molecular formula is C18H25N5O. The van der Waals surface area contributed by atoms with E-state index in [0.717, 1.165) is 23.1 Å². The van der Waals surface area contributed by atoms with Crippen LogP contribution in [-0.4, -0.2) is 49.0 Å². The standard InChI is InChI=1S/C18H25N5O/c1-13-5-17-18(6-14(13)2)23(12-19-17)11-16(24)10-21(3)8-15-7-20-22(4)9-15/h5-7,9,12,16,24H,8,10-11H2,1-4H3/t16-/m1/s1. The van der Waals surface area contributed by atoms with Gasteiger partial charge in [-0.2, -0.15) is 5.10 Å². The van der Waals surface area contributed by atoms with E-state index in [1.54, 1.807) is 4.68 Å². The Hall–Kier alpha value is -2.18. The summed E-state index contributed by atoms with van der Waals surface area (Å²) in [7, 11) is 3.92. The number of likely N-dealkylation sites (N-methyl/N-ethyl adjacent to an activating group) is 1. The first kappa shape index (κ1) is 16.7. The van der Waals surface area contributed by atoms with Crippen LogP contribution in [0.25, 0.3) is 11.0 Å². The number of rotatable bonds is 6. The fourth-order valence-electron chi connectivity index (χ4n) is 3.03. The van der Waals surface area contributed by atoms with E-state index in [-0.39, 0.29) is 0 Å². The number of benzene rings is 1. The van der Waals surface area contributed by atoms with E-state index in [0.29, 0.717) is 13.1 Å². The van der Waals surface area contributed by atoms with E-state index in [4.69, 9.17) is 0 Å².